The van der Waals surface area contributed by atoms with Crippen LogP contribution in [0.5, 0.6) is 11.5 Å². The van der Waals surface area contributed by atoms with Crippen molar-refractivity contribution in [2.75, 3.05) is 13.2 Å². The minimum atomic E-state index is -0.770. The summed E-state index contributed by atoms with van der Waals surface area (Å²) < 4.78 is 16.1. The number of aliphatic hydroxyl groups is 1. The molecule has 0 saturated heterocycles. The zero-order chi connectivity index (χ0) is 16.1. The van der Waals surface area contributed by atoms with Crippen molar-refractivity contribution < 1.29 is 19.0 Å². The zero-order valence-electron chi connectivity index (χ0n) is 12.3. The van der Waals surface area contributed by atoms with Crippen molar-refractivity contribution in [2.45, 2.75) is 6.10 Å². The lowest BCUT2D eigenvalue weighted by molar-refractivity contribution is 0.0626. The van der Waals surface area contributed by atoms with E-state index in [4.69, 9.17) is 13.9 Å². The third-order valence-electron chi connectivity index (χ3n) is 3.22. The van der Waals surface area contributed by atoms with E-state index in [1.165, 1.54) is 6.07 Å². The molecule has 0 aliphatic rings. The summed E-state index contributed by atoms with van der Waals surface area (Å²) in [6.45, 7) is 0.210. The highest BCUT2D eigenvalue weighted by Crippen LogP contribution is 2.19. The van der Waals surface area contributed by atoms with E-state index in [-0.39, 0.29) is 13.2 Å². The van der Waals surface area contributed by atoms with E-state index in [9.17, 15) is 9.90 Å². The van der Waals surface area contributed by atoms with Crippen LogP contribution in [0.1, 0.15) is 0 Å². The largest absolute Gasteiger partial charge is 0.491 e. The minimum Gasteiger partial charge on any atom is -0.491 e. The Morgan fingerprint density at radius 1 is 0.913 bits per heavy atom. The van der Waals surface area contributed by atoms with Gasteiger partial charge < -0.3 is 19.0 Å². The number of hydrogen-bond donors (Lipinski definition) is 1. The van der Waals surface area contributed by atoms with Crippen LogP contribution in [0.15, 0.2) is 69.9 Å². The van der Waals surface area contributed by atoms with Crippen molar-refractivity contribution in [3.05, 3.63) is 71.1 Å². The average molecular weight is 312 g/mol. The molecule has 0 bridgehead atoms. The Kier molecular flexibility index (Phi) is 4.59. The van der Waals surface area contributed by atoms with Gasteiger partial charge in [-0.1, -0.05) is 18.2 Å². The summed E-state index contributed by atoms with van der Waals surface area (Å²) in [6.07, 6.45) is -0.770. The molecule has 1 unspecified atom stereocenters. The molecular weight excluding hydrogens is 296 g/mol. The predicted octanol–water partition coefficient (Wildman–Crippen LogP) is 2.61. The van der Waals surface area contributed by atoms with Crippen molar-refractivity contribution in [3.8, 4) is 11.5 Å². The van der Waals surface area contributed by atoms with Gasteiger partial charge in [-0.2, -0.15) is 0 Å². The maximum Gasteiger partial charge on any atom is 0.336 e. The first-order valence-corrected chi connectivity index (χ1v) is 7.23. The molecule has 1 aromatic heterocycles. The van der Waals surface area contributed by atoms with Gasteiger partial charge in [-0.05, 0) is 30.3 Å². The molecule has 0 spiro atoms. The molecule has 0 aliphatic carbocycles. The Hall–Kier alpha value is -2.79. The highest BCUT2D eigenvalue weighted by atomic mass is 16.5. The second-order valence-corrected chi connectivity index (χ2v) is 5.04. The Bertz CT molecular complexity index is 825. The molecule has 23 heavy (non-hydrogen) atoms. The Morgan fingerprint density at radius 3 is 2.39 bits per heavy atom. The number of benzene rings is 2. The van der Waals surface area contributed by atoms with Crippen molar-refractivity contribution >= 4 is 11.0 Å². The molecule has 2 aromatic carbocycles. The van der Waals surface area contributed by atoms with E-state index in [1.807, 2.05) is 30.3 Å². The summed E-state index contributed by atoms with van der Waals surface area (Å²) >= 11 is 0. The van der Waals surface area contributed by atoms with Crippen LogP contribution >= 0.6 is 0 Å². The van der Waals surface area contributed by atoms with Gasteiger partial charge in [0.2, 0.25) is 0 Å². The zero-order valence-corrected chi connectivity index (χ0v) is 12.3. The summed E-state index contributed by atoms with van der Waals surface area (Å²) in [7, 11) is 0. The number of rotatable bonds is 6. The third-order valence-corrected chi connectivity index (χ3v) is 3.22. The van der Waals surface area contributed by atoms with E-state index in [1.54, 1.807) is 24.3 Å². The molecule has 1 N–H and O–H groups in total. The highest BCUT2D eigenvalue weighted by Gasteiger charge is 2.07. The second-order valence-electron chi connectivity index (χ2n) is 5.04. The van der Waals surface area contributed by atoms with Gasteiger partial charge >= 0.3 is 5.63 Å². The van der Waals surface area contributed by atoms with Gasteiger partial charge in [0.1, 0.15) is 36.4 Å². The molecule has 118 valence electrons. The highest BCUT2D eigenvalue weighted by molar-refractivity contribution is 5.77. The molecule has 1 heterocycles. The molecule has 1 atom stereocenters. The van der Waals surface area contributed by atoms with Crippen LogP contribution in [0.4, 0.5) is 0 Å². The fourth-order valence-corrected chi connectivity index (χ4v) is 2.08. The van der Waals surface area contributed by atoms with Gasteiger partial charge in [-0.3, -0.25) is 0 Å². The quantitative estimate of drug-likeness (QED) is 0.709. The SMILES string of the molecule is O=c1ccc2ccc(OCC(O)COc3ccccc3)cc2o1. The van der Waals surface area contributed by atoms with Crippen LogP contribution < -0.4 is 15.1 Å². The van der Waals surface area contributed by atoms with Crippen molar-refractivity contribution in [1.29, 1.82) is 0 Å². The van der Waals surface area contributed by atoms with Crippen LogP contribution in [-0.2, 0) is 0 Å². The van der Waals surface area contributed by atoms with Gasteiger partial charge in [0, 0.05) is 17.5 Å². The van der Waals surface area contributed by atoms with Gasteiger partial charge in [0.25, 0.3) is 0 Å². The first-order valence-electron chi connectivity index (χ1n) is 7.23. The summed E-state index contributed by atoms with van der Waals surface area (Å²) in [4.78, 5) is 11.2. The van der Waals surface area contributed by atoms with Crippen LogP contribution in [0.2, 0.25) is 0 Å². The van der Waals surface area contributed by atoms with Crippen LogP contribution in [-0.4, -0.2) is 24.4 Å². The number of fused-ring (bicyclic) bond motifs is 1. The summed E-state index contributed by atoms with van der Waals surface area (Å²) in [6, 6.07) is 17.5. The third kappa shape index (κ3) is 4.11. The van der Waals surface area contributed by atoms with Gasteiger partial charge in [0.05, 0.1) is 0 Å². The number of ether oxygens (including phenoxy) is 2. The molecule has 5 heteroatoms. The first kappa shape index (κ1) is 15.1. The standard InChI is InChI=1S/C18H16O5/c19-14(11-21-15-4-2-1-3-5-15)12-22-16-8-6-13-7-9-18(20)23-17(13)10-16/h1-10,14,19H,11-12H2. The molecule has 3 aromatic rings. The van der Waals surface area contributed by atoms with E-state index < -0.39 is 11.7 Å². The fraction of sp³-hybridized carbons (Fsp3) is 0.167. The summed E-state index contributed by atoms with van der Waals surface area (Å²) in [5, 5.41) is 10.7. The van der Waals surface area contributed by atoms with E-state index in [0.29, 0.717) is 17.1 Å². The lowest BCUT2D eigenvalue weighted by atomic mass is 10.2. The molecule has 5 nitrogen and oxygen atoms in total. The lowest BCUT2D eigenvalue weighted by Gasteiger charge is -2.13. The van der Waals surface area contributed by atoms with E-state index >= 15 is 0 Å². The molecule has 0 radical (unpaired) electrons. The minimum absolute atomic E-state index is 0.0788. The van der Waals surface area contributed by atoms with Gasteiger partial charge in [-0.15, -0.1) is 0 Å². The van der Waals surface area contributed by atoms with Crippen molar-refractivity contribution in [1.82, 2.24) is 0 Å². The maximum absolute atomic E-state index is 11.2. The molecule has 0 saturated carbocycles. The first-order chi connectivity index (χ1) is 11.2. The molecule has 0 amide bonds. The topological polar surface area (TPSA) is 68.9 Å². The lowest BCUT2D eigenvalue weighted by Crippen LogP contribution is -2.25. The molecule has 0 fully saturated rings. The molecule has 0 aliphatic heterocycles. The van der Waals surface area contributed by atoms with Crippen molar-refractivity contribution in [2.24, 2.45) is 0 Å². The summed E-state index contributed by atoms with van der Waals surface area (Å²) in [5.74, 6) is 1.21. The van der Waals surface area contributed by atoms with E-state index in [2.05, 4.69) is 0 Å². The normalized spacial score (nSPS) is 12.0. The van der Waals surface area contributed by atoms with Crippen LogP contribution in [0, 0.1) is 0 Å². The van der Waals surface area contributed by atoms with Crippen LogP contribution in [0.3, 0.4) is 0 Å². The van der Waals surface area contributed by atoms with Crippen LogP contribution in [0.25, 0.3) is 11.0 Å². The molecular formula is C18H16O5. The Balaban J connectivity index is 1.56. The Morgan fingerprint density at radius 2 is 1.61 bits per heavy atom. The van der Waals surface area contributed by atoms with Gasteiger partial charge in [-0.25, -0.2) is 4.79 Å². The average Bonchev–Trinajstić information content (AvgIpc) is 2.58. The van der Waals surface area contributed by atoms with Gasteiger partial charge in [0.15, 0.2) is 0 Å². The summed E-state index contributed by atoms with van der Waals surface area (Å²) in [5.41, 5.74) is 0.0379. The fourth-order valence-electron chi connectivity index (χ4n) is 2.08. The maximum atomic E-state index is 11.2. The van der Waals surface area contributed by atoms with Crippen molar-refractivity contribution in [3.63, 3.8) is 0 Å². The smallest absolute Gasteiger partial charge is 0.336 e. The number of para-hydroxylation sites is 1. The molecule has 3 rings (SSSR count). The second kappa shape index (κ2) is 6.98. The monoisotopic (exact) mass is 312 g/mol. The number of hydrogen-bond acceptors (Lipinski definition) is 5. The predicted molar refractivity (Wildman–Crippen MR) is 85.9 cm³/mol. The Labute approximate surface area is 132 Å². The van der Waals surface area contributed by atoms with E-state index in [0.717, 1.165) is 5.39 Å². The number of aliphatic hydroxyl groups excluding tert-OH is 1.